The van der Waals surface area contributed by atoms with Crippen molar-refractivity contribution in [2.75, 3.05) is 6.54 Å². The summed E-state index contributed by atoms with van der Waals surface area (Å²) in [6.07, 6.45) is 1.64. The molecular weight excluding hydrogens is 268 g/mol. The molecule has 0 bridgehead atoms. The summed E-state index contributed by atoms with van der Waals surface area (Å²) in [5, 5.41) is 15.1. The van der Waals surface area contributed by atoms with Crippen LogP contribution in [0.3, 0.4) is 0 Å². The monoisotopic (exact) mass is 282 g/mol. The maximum Gasteiger partial charge on any atom is 0.330 e. The van der Waals surface area contributed by atoms with Gasteiger partial charge in [-0.2, -0.15) is 0 Å². The normalized spacial score (nSPS) is 19.9. The molecule has 1 aliphatic heterocycles. The maximum atomic E-state index is 12.0. The van der Waals surface area contributed by atoms with Gasteiger partial charge in [0.25, 0.3) is 0 Å². The molecule has 0 unspecified atom stereocenters. The lowest BCUT2D eigenvalue weighted by atomic mass is 10.1. The zero-order valence-corrected chi connectivity index (χ0v) is 11.0. The van der Waals surface area contributed by atoms with Crippen LogP contribution < -0.4 is 10.6 Å². The van der Waals surface area contributed by atoms with Crippen LogP contribution >= 0.6 is 11.6 Å². The van der Waals surface area contributed by atoms with Crippen molar-refractivity contribution >= 4 is 23.5 Å². The van der Waals surface area contributed by atoms with Crippen LogP contribution in [0.1, 0.15) is 24.4 Å². The van der Waals surface area contributed by atoms with E-state index in [0.29, 0.717) is 10.6 Å². The molecule has 0 radical (unpaired) electrons. The average Bonchev–Trinajstić information content (AvgIpc) is 2.90. The molecule has 1 saturated heterocycles. The Labute approximate surface area is 116 Å². The number of carboxylic acid groups (broad SMARTS) is 1. The standard InChI is InChI=1S/C13H15ClN2O3/c14-9-5-2-1-4-8(9)11(13(18)19)16-12(17)10-6-3-7-15-10/h1-2,4-5,10-11,15H,3,6-7H2,(H,16,17)(H,18,19)/t10-,11-/m1/s1. The van der Waals surface area contributed by atoms with Crippen LogP contribution in [-0.2, 0) is 9.59 Å². The Bertz CT molecular complexity index is 487. The van der Waals surface area contributed by atoms with Gasteiger partial charge in [-0.05, 0) is 25.5 Å². The van der Waals surface area contributed by atoms with Crippen molar-refractivity contribution in [3.05, 3.63) is 34.9 Å². The van der Waals surface area contributed by atoms with E-state index in [4.69, 9.17) is 11.6 Å². The molecule has 1 aliphatic rings. The Hall–Kier alpha value is -1.59. The SMILES string of the molecule is O=C(N[C@@H](C(=O)O)c1ccccc1Cl)[C@H]1CCCN1. The summed E-state index contributed by atoms with van der Waals surface area (Å²) in [5.41, 5.74) is 0.392. The molecule has 2 rings (SSSR count). The number of rotatable bonds is 4. The summed E-state index contributed by atoms with van der Waals surface area (Å²) in [4.78, 5) is 23.3. The first kappa shape index (κ1) is 13.8. The summed E-state index contributed by atoms with van der Waals surface area (Å²) < 4.78 is 0. The average molecular weight is 283 g/mol. The molecule has 0 spiro atoms. The van der Waals surface area contributed by atoms with Gasteiger partial charge in [-0.25, -0.2) is 4.79 Å². The molecule has 0 aromatic heterocycles. The van der Waals surface area contributed by atoms with Gasteiger partial charge in [0.05, 0.1) is 6.04 Å². The molecule has 6 heteroatoms. The number of nitrogens with one attached hydrogen (secondary N) is 2. The van der Waals surface area contributed by atoms with E-state index in [1.165, 1.54) is 0 Å². The van der Waals surface area contributed by atoms with Gasteiger partial charge in [0, 0.05) is 10.6 Å². The topological polar surface area (TPSA) is 78.4 Å². The summed E-state index contributed by atoms with van der Waals surface area (Å²) in [6, 6.07) is 5.17. The highest BCUT2D eigenvalue weighted by molar-refractivity contribution is 6.31. The molecule has 1 aromatic rings. The molecule has 2 atom stereocenters. The molecule has 5 nitrogen and oxygen atoms in total. The van der Waals surface area contributed by atoms with Gasteiger partial charge in [0.15, 0.2) is 6.04 Å². The van der Waals surface area contributed by atoms with E-state index in [0.717, 1.165) is 19.4 Å². The predicted octanol–water partition coefficient (Wildman–Crippen LogP) is 1.33. The molecular formula is C13H15ClN2O3. The fourth-order valence-electron chi connectivity index (χ4n) is 2.13. The first-order valence-corrected chi connectivity index (χ1v) is 6.48. The van der Waals surface area contributed by atoms with Crippen molar-refractivity contribution in [1.82, 2.24) is 10.6 Å². The number of hydrogen-bond donors (Lipinski definition) is 3. The smallest absolute Gasteiger partial charge is 0.330 e. The van der Waals surface area contributed by atoms with Crippen LogP contribution in [0.4, 0.5) is 0 Å². The van der Waals surface area contributed by atoms with Gasteiger partial charge in [0.2, 0.25) is 5.91 Å². The first-order chi connectivity index (χ1) is 9.09. The lowest BCUT2D eigenvalue weighted by Crippen LogP contribution is -2.44. The Balaban J connectivity index is 2.15. The molecule has 1 aromatic carbocycles. The van der Waals surface area contributed by atoms with Crippen LogP contribution in [-0.4, -0.2) is 29.6 Å². The zero-order valence-electron chi connectivity index (χ0n) is 10.2. The highest BCUT2D eigenvalue weighted by Crippen LogP contribution is 2.23. The van der Waals surface area contributed by atoms with Crippen molar-refractivity contribution in [2.24, 2.45) is 0 Å². The molecule has 0 saturated carbocycles. The second kappa shape index (κ2) is 6.04. The number of amides is 1. The third-order valence-corrected chi connectivity index (χ3v) is 3.47. The molecule has 19 heavy (non-hydrogen) atoms. The Morgan fingerprint density at radius 3 is 2.74 bits per heavy atom. The largest absolute Gasteiger partial charge is 0.479 e. The summed E-state index contributed by atoms with van der Waals surface area (Å²) in [6.45, 7) is 0.780. The van der Waals surface area contributed by atoms with Crippen LogP contribution in [0.15, 0.2) is 24.3 Å². The van der Waals surface area contributed by atoms with Crippen LogP contribution in [0.5, 0.6) is 0 Å². The minimum Gasteiger partial charge on any atom is -0.479 e. The van der Waals surface area contributed by atoms with E-state index in [1.54, 1.807) is 24.3 Å². The lowest BCUT2D eigenvalue weighted by Gasteiger charge is -2.18. The minimum atomic E-state index is -1.13. The number of aliphatic carboxylic acids is 1. The van der Waals surface area contributed by atoms with E-state index < -0.39 is 12.0 Å². The fraction of sp³-hybridized carbons (Fsp3) is 0.385. The lowest BCUT2D eigenvalue weighted by molar-refractivity contribution is -0.142. The quantitative estimate of drug-likeness (QED) is 0.779. The van der Waals surface area contributed by atoms with Gasteiger partial charge in [-0.1, -0.05) is 29.8 Å². The van der Waals surface area contributed by atoms with Gasteiger partial charge in [-0.3, -0.25) is 4.79 Å². The van der Waals surface area contributed by atoms with Crippen LogP contribution in [0, 0.1) is 0 Å². The number of carbonyl (C=O) groups is 2. The minimum absolute atomic E-state index is 0.301. The van der Waals surface area contributed by atoms with Gasteiger partial charge >= 0.3 is 5.97 Å². The van der Waals surface area contributed by atoms with Crippen molar-refractivity contribution in [3.63, 3.8) is 0 Å². The zero-order chi connectivity index (χ0) is 13.8. The van der Waals surface area contributed by atoms with E-state index >= 15 is 0 Å². The van der Waals surface area contributed by atoms with Gasteiger partial charge in [0.1, 0.15) is 0 Å². The van der Waals surface area contributed by atoms with Crippen molar-refractivity contribution in [3.8, 4) is 0 Å². The molecule has 0 aliphatic carbocycles. The predicted molar refractivity (Wildman–Crippen MR) is 71.0 cm³/mol. The number of halogens is 1. The molecule has 1 heterocycles. The molecule has 102 valence electrons. The second-order valence-electron chi connectivity index (χ2n) is 4.45. The molecule has 3 N–H and O–H groups in total. The third-order valence-electron chi connectivity index (χ3n) is 3.13. The molecule has 1 fully saturated rings. The highest BCUT2D eigenvalue weighted by Gasteiger charge is 2.29. The Morgan fingerprint density at radius 2 is 2.16 bits per heavy atom. The Morgan fingerprint density at radius 1 is 1.42 bits per heavy atom. The van der Waals surface area contributed by atoms with Gasteiger partial charge < -0.3 is 15.7 Å². The van der Waals surface area contributed by atoms with E-state index in [2.05, 4.69) is 10.6 Å². The van der Waals surface area contributed by atoms with E-state index in [1.807, 2.05) is 0 Å². The second-order valence-corrected chi connectivity index (χ2v) is 4.86. The molecule has 1 amide bonds. The van der Waals surface area contributed by atoms with Crippen LogP contribution in [0.25, 0.3) is 0 Å². The highest BCUT2D eigenvalue weighted by atomic mass is 35.5. The van der Waals surface area contributed by atoms with E-state index in [-0.39, 0.29) is 11.9 Å². The Kier molecular flexibility index (Phi) is 4.39. The summed E-state index contributed by atoms with van der Waals surface area (Å²) >= 11 is 5.98. The summed E-state index contributed by atoms with van der Waals surface area (Å²) in [7, 11) is 0. The first-order valence-electron chi connectivity index (χ1n) is 6.10. The van der Waals surface area contributed by atoms with Crippen molar-refractivity contribution in [1.29, 1.82) is 0 Å². The summed E-state index contributed by atoms with van der Waals surface area (Å²) in [5.74, 6) is -1.43. The third kappa shape index (κ3) is 3.24. The number of carboxylic acids is 1. The fourth-order valence-corrected chi connectivity index (χ4v) is 2.38. The van der Waals surface area contributed by atoms with Crippen molar-refractivity contribution < 1.29 is 14.7 Å². The maximum absolute atomic E-state index is 12.0. The van der Waals surface area contributed by atoms with Crippen LogP contribution in [0.2, 0.25) is 5.02 Å². The number of hydrogen-bond acceptors (Lipinski definition) is 3. The number of benzene rings is 1. The van der Waals surface area contributed by atoms with Crippen molar-refractivity contribution in [2.45, 2.75) is 24.9 Å². The van der Waals surface area contributed by atoms with E-state index in [9.17, 15) is 14.7 Å². The number of carbonyl (C=O) groups excluding carboxylic acids is 1. The van der Waals surface area contributed by atoms with Gasteiger partial charge in [-0.15, -0.1) is 0 Å².